The lowest BCUT2D eigenvalue weighted by Gasteiger charge is -2.06. The second-order valence-electron chi connectivity index (χ2n) is 3.76. The van der Waals surface area contributed by atoms with Crippen molar-refractivity contribution in [3.63, 3.8) is 0 Å². The number of nitrogens with two attached hydrogens (primary N) is 1. The molecule has 0 saturated carbocycles. The summed E-state index contributed by atoms with van der Waals surface area (Å²) in [4.78, 5) is 14.0. The van der Waals surface area contributed by atoms with Crippen LogP contribution in [0.15, 0.2) is 18.3 Å². The van der Waals surface area contributed by atoms with Crippen LogP contribution in [0.25, 0.3) is 0 Å². The summed E-state index contributed by atoms with van der Waals surface area (Å²) in [6.07, 6.45) is 1.54. The van der Waals surface area contributed by atoms with Gasteiger partial charge in [0.2, 0.25) is 0 Å². The Morgan fingerprint density at radius 2 is 2.28 bits per heavy atom. The number of aromatic nitrogens is 2. The van der Waals surface area contributed by atoms with Gasteiger partial charge < -0.3 is 11.1 Å². The topological polar surface area (TPSA) is 72.9 Å². The van der Waals surface area contributed by atoms with Gasteiger partial charge in [0.25, 0.3) is 5.91 Å². The Labute approximate surface area is 114 Å². The quantitative estimate of drug-likeness (QED) is 0.839. The lowest BCUT2D eigenvalue weighted by molar-refractivity contribution is 0.102. The van der Waals surface area contributed by atoms with Crippen molar-refractivity contribution in [2.24, 2.45) is 12.8 Å². The van der Waals surface area contributed by atoms with Crippen LogP contribution in [0.2, 0.25) is 0 Å². The minimum absolute atomic E-state index is 0.186. The van der Waals surface area contributed by atoms with Crippen LogP contribution in [0.1, 0.15) is 20.1 Å². The Bertz CT molecular complexity index is 614. The fourth-order valence-corrected chi connectivity index (χ4v) is 2.40. The highest BCUT2D eigenvalue weighted by molar-refractivity contribution is 7.80. The first kappa shape index (κ1) is 12.7. The van der Waals surface area contributed by atoms with Gasteiger partial charge in [-0.3, -0.25) is 9.48 Å². The number of thiophene rings is 1. The zero-order chi connectivity index (χ0) is 13.3. The molecule has 0 aliphatic rings. The number of amides is 1. The summed E-state index contributed by atoms with van der Waals surface area (Å²) in [6.45, 7) is 1.95. The highest BCUT2D eigenvalue weighted by atomic mass is 32.1. The van der Waals surface area contributed by atoms with Crippen molar-refractivity contribution in [3.8, 4) is 0 Å². The molecule has 3 N–H and O–H groups in total. The number of hydrogen-bond donors (Lipinski definition) is 2. The third kappa shape index (κ3) is 2.41. The first-order valence-corrected chi connectivity index (χ1v) is 6.41. The molecule has 0 saturated heterocycles. The summed E-state index contributed by atoms with van der Waals surface area (Å²) in [7, 11) is 1.72. The molecule has 0 unspecified atom stereocenters. The monoisotopic (exact) mass is 280 g/mol. The van der Waals surface area contributed by atoms with Gasteiger partial charge in [0, 0.05) is 11.9 Å². The highest BCUT2D eigenvalue weighted by Crippen LogP contribution is 2.19. The van der Waals surface area contributed by atoms with Gasteiger partial charge in [-0.2, -0.15) is 5.10 Å². The fourth-order valence-electron chi connectivity index (χ4n) is 1.49. The van der Waals surface area contributed by atoms with E-state index in [4.69, 9.17) is 18.0 Å². The van der Waals surface area contributed by atoms with Gasteiger partial charge in [-0.25, -0.2) is 0 Å². The molecular formula is C11H12N4OS2. The smallest absolute Gasteiger partial charge is 0.266 e. The van der Waals surface area contributed by atoms with E-state index in [9.17, 15) is 4.79 Å². The SMILES string of the molecule is Cc1ccc(C(=O)Nc2c(C(N)=S)cnn2C)s1. The van der Waals surface area contributed by atoms with E-state index in [-0.39, 0.29) is 10.9 Å². The summed E-state index contributed by atoms with van der Waals surface area (Å²) < 4.78 is 1.53. The number of carbonyl (C=O) groups is 1. The number of rotatable bonds is 3. The van der Waals surface area contributed by atoms with Crippen molar-refractivity contribution < 1.29 is 4.79 Å². The standard InChI is InChI=1S/C11H12N4OS2/c1-6-3-4-8(18-6)11(16)14-10-7(9(12)17)5-13-15(10)2/h3-5H,1-2H3,(H2,12,17)(H,14,16). The van der Waals surface area contributed by atoms with E-state index in [1.807, 2.05) is 13.0 Å². The normalized spacial score (nSPS) is 10.3. The van der Waals surface area contributed by atoms with Crippen molar-refractivity contribution in [2.45, 2.75) is 6.92 Å². The summed E-state index contributed by atoms with van der Waals surface area (Å²) in [5.74, 6) is 0.327. The van der Waals surface area contributed by atoms with E-state index in [2.05, 4.69) is 10.4 Å². The number of nitrogens with one attached hydrogen (secondary N) is 1. The molecule has 2 heterocycles. The Hall–Kier alpha value is -1.73. The number of nitrogens with zero attached hydrogens (tertiary/aromatic N) is 2. The van der Waals surface area contributed by atoms with Gasteiger partial charge >= 0.3 is 0 Å². The van der Waals surface area contributed by atoms with E-state index in [0.717, 1.165) is 4.88 Å². The molecule has 0 atom stereocenters. The highest BCUT2D eigenvalue weighted by Gasteiger charge is 2.15. The van der Waals surface area contributed by atoms with Crippen LogP contribution in [0.5, 0.6) is 0 Å². The molecule has 2 rings (SSSR count). The zero-order valence-electron chi connectivity index (χ0n) is 9.93. The van der Waals surface area contributed by atoms with Crippen LogP contribution < -0.4 is 11.1 Å². The molecule has 0 aliphatic heterocycles. The molecule has 1 amide bonds. The molecule has 5 nitrogen and oxygen atoms in total. The Morgan fingerprint density at radius 1 is 1.56 bits per heavy atom. The predicted molar refractivity (Wildman–Crippen MR) is 76.1 cm³/mol. The van der Waals surface area contributed by atoms with Gasteiger partial charge in [0.1, 0.15) is 10.8 Å². The molecule has 0 aromatic carbocycles. The summed E-state index contributed by atoms with van der Waals surface area (Å²) >= 11 is 6.34. The number of carbonyl (C=O) groups excluding carboxylic acids is 1. The van der Waals surface area contributed by atoms with Gasteiger partial charge in [-0.05, 0) is 19.1 Å². The molecule has 0 spiro atoms. The molecule has 94 valence electrons. The average molecular weight is 280 g/mol. The number of thiocarbonyl (C=S) groups is 1. The number of hydrogen-bond acceptors (Lipinski definition) is 4. The molecule has 0 radical (unpaired) electrons. The molecule has 0 fully saturated rings. The Kier molecular flexibility index (Phi) is 3.44. The van der Waals surface area contributed by atoms with E-state index < -0.39 is 0 Å². The Morgan fingerprint density at radius 3 is 2.83 bits per heavy atom. The van der Waals surface area contributed by atoms with Crippen molar-refractivity contribution in [1.29, 1.82) is 0 Å². The molecule has 0 aliphatic carbocycles. The van der Waals surface area contributed by atoms with Crippen LogP contribution in [0, 0.1) is 6.92 Å². The third-order valence-electron chi connectivity index (χ3n) is 2.40. The van der Waals surface area contributed by atoms with Gasteiger partial charge in [-0.15, -0.1) is 11.3 Å². The molecule has 2 aromatic rings. The van der Waals surface area contributed by atoms with E-state index >= 15 is 0 Å². The minimum Gasteiger partial charge on any atom is -0.389 e. The second kappa shape index (κ2) is 4.87. The van der Waals surface area contributed by atoms with Crippen LogP contribution in [-0.4, -0.2) is 20.7 Å². The minimum atomic E-state index is -0.186. The lowest BCUT2D eigenvalue weighted by atomic mass is 10.3. The fraction of sp³-hybridized carbons (Fsp3) is 0.182. The first-order valence-electron chi connectivity index (χ1n) is 5.18. The lowest BCUT2D eigenvalue weighted by Crippen LogP contribution is -2.18. The molecule has 7 heteroatoms. The van der Waals surface area contributed by atoms with Crippen molar-refractivity contribution in [2.75, 3.05) is 5.32 Å². The third-order valence-corrected chi connectivity index (χ3v) is 3.62. The predicted octanol–water partition coefficient (Wildman–Crippen LogP) is 1.68. The largest absolute Gasteiger partial charge is 0.389 e. The van der Waals surface area contributed by atoms with Gasteiger partial charge in [-0.1, -0.05) is 12.2 Å². The maximum Gasteiger partial charge on any atom is 0.266 e. The second-order valence-corrected chi connectivity index (χ2v) is 5.49. The van der Waals surface area contributed by atoms with E-state index in [1.165, 1.54) is 22.2 Å². The molecule has 2 aromatic heterocycles. The van der Waals surface area contributed by atoms with Crippen molar-refractivity contribution in [1.82, 2.24) is 9.78 Å². The number of aryl methyl sites for hydroxylation is 2. The number of anilines is 1. The van der Waals surface area contributed by atoms with Crippen LogP contribution in [-0.2, 0) is 7.05 Å². The molecule has 18 heavy (non-hydrogen) atoms. The zero-order valence-corrected chi connectivity index (χ0v) is 11.6. The van der Waals surface area contributed by atoms with E-state index in [1.54, 1.807) is 13.1 Å². The van der Waals surface area contributed by atoms with Crippen molar-refractivity contribution >= 4 is 40.3 Å². The van der Waals surface area contributed by atoms with Crippen LogP contribution in [0.4, 0.5) is 5.82 Å². The van der Waals surface area contributed by atoms with Crippen molar-refractivity contribution in [3.05, 3.63) is 33.6 Å². The van der Waals surface area contributed by atoms with E-state index in [0.29, 0.717) is 16.3 Å². The maximum atomic E-state index is 12.0. The average Bonchev–Trinajstić information content (AvgIpc) is 2.87. The Balaban J connectivity index is 2.27. The summed E-state index contributed by atoms with van der Waals surface area (Å²) in [5, 5.41) is 6.80. The summed E-state index contributed by atoms with van der Waals surface area (Å²) in [5.41, 5.74) is 6.14. The summed E-state index contributed by atoms with van der Waals surface area (Å²) in [6, 6.07) is 3.68. The van der Waals surface area contributed by atoms with Gasteiger partial charge in [0.15, 0.2) is 0 Å². The van der Waals surface area contributed by atoms with Crippen LogP contribution in [0.3, 0.4) is 0 Å². The first-order chi connectivity index (χ1) is 8.49. The van der Waals surface area contributed by atoms with Crippen LogP contribution >= 0.6 is 23.6 Å². The molecule has 0 bridgehead atoms. The maximum absolute atomic E-state index is 12.0. The molecular weight excluding hydrogens is 268 g/mol. The van der Waals surface area contributed by atoms with Gasteiger partial charge in [0.05, 0.1) is 16.6 Å².